The SMILES string of the molecule is C/C=C(\C)OC(C)/C(F)=C/C(Br)=C(\C)O. The predicted octanol–water partition coefficient (Wildman–Crippen LogP) is 4.35. The summed E-state index contributed by atoms with van der Waals surface area (Å²) in [5.74, 6) is 0.239. The number of hydrogen-bond donors (Lipinski definition) is 1. The maximum absolute atomic E-state index is 13.4. The lowest BCUT2D eigenvalue weighted by atomic mass is 10.3. The topological polar surface area (TPSA) is 29.5 Å². The monoisotopic (exact) mass is 278 g/mol. The highest BCUT2D eigenvalue weighted by Crippen LogP contribution is 2.19. The minimum Gasteiger partial charge on any atom is -0.511 e. The molecule has 0 bridgehead atoms. The number of rotatable bonds is 4. The Labute approximate surface area is 98.3 Å². The molecule has 0 aromatic heterocycles. The molecule has 0 spiro atoms. The molecule has 0 saturated carbocycles. The Bertz CT molecular complexity index is 302. The summed E-state index contributed by atoms with van der Waals surface area (Å²) in [6, 6.07) is 0. The molecule has 0 radical (unpaired) electrons. The molecule has 15 heavy (non-hydrogen) atoms. The maximum atomic E-state index is 13.4. The average molecular weight is 279 g/mol. The zero-order chi connectivity index (χ0) is 12.0. The van der Waals surface area contributed by atoms with E-state index in [0.717, 1.165) is 0 Å². The molecule has 0 aliphatic heterocycles. The zero-order valence-electron chi connectivity index (χ0n) is 9.34. The maximum Gasteiger partial charge on any atom is 0.147 e. The van der Waals surface area contributed by atoms with Crippen molar-refractivity contribution in [3.05, 3.63) is 34.0 Å². The first kappa shape index (κ1) is 14.2. The smallest absolute Gasteiger partial charge is 0.147 e. The third-order valence-corrected chi connectivity index (χ3v) is 2.57. The minimum atomic E-state index is -0.659. The fraction of sp³-hybridized carbons (Fsp3) is 0.455. The number of halogens is 2. The van der Waals surface area contributed by atoms with E-state index in [1.807, 2.05) is 6.92 Å². The summed E-state index contributed by atoms with van der Waals surface area (Å²) >= 11 is 3.04. The first-order valence-electron chi connectivity index (χ1n) is 4.60. The second kappa shape index (κ2) is 6.67. The standard InChI is InChI=1S/C11H16BrFO2/c1-5-7(2)15-9(4)11(13)6-10(12)8(3)14/h5-6,9,14H,1-4H3/b7-5+,10-8-,11-6-. The van der Waals surface area contributed by atoms with Gasteiger partial charge in [0.25, 0.3) is 0 Å². The van der Waals surface area contributed by atoms with E-state index in [4.69, 9.17) is 9.84 Å². The molecule has 1 atom stereocenters. The molecule has 1 unspecified atom stereocenters. The lowest BCUT2D eigenvalue weighted by Crippen LogP contribution is -2.07. The van der Waals surface area contributed by atoms with Crippen molar-refractivity contribution in [3.63, 3.8) is 0 Å². The molecule has 0 amide bonds. The van der Waals surface area contributed by atoms with Gasteiger partial charge in [0.15, 0.2) is 0 Å². The van der Waals surface area contributed by atoms with E-state index in [1.165, 1.54) is 13.0 Å². The van der Waals surface area contributed by atoms with Crippen molar-refractivity contribution in [2.75, 3.05) is 0 Å². The Morgan fingerprint density at radius 2 is 2.00 bits per heavy atom. The Kier molecular flexibility index (Phi) is 6.32. The summed E-state index contributed by atoms with van der Waals surface area (Å²) in [6.45, 7) is 6.64. The summed E-state index contributed by atoms with van der Waals surface area (Å²) in [5.41, 5.74) is 0. The quantitative estimate of drug-likeness (QED) is 0.612. The number of hydrogen-bond acceptors (Lipinski definition) is 2. The fourth-order valence-corrected chi connectivity index (χ4v) is 0.965. The van der Waals surface area contributed by atoms with E-state index in [1.54, 1.807) is 19.9 Å². The van der Waals surface area contributed by atoms with Crippen molar-refractivity contribution in [3.8, 4) is 0 Å². The molecular formula is C11H16BrFO2. The number of allylic oxidation sites excluding steroid dienone is 5. The molecule has 0 heterocycles. The van der Waals surface area contributed by atoms with Crippen LogP contribution < -0.4 is 0 Å². The average Bonchev–Trinajstić information content (AvgIpc) is 2.16. The van der Waals surface area contributed by atoms with Crippen molar-refractivity contribution < 1.29 is 14.2 Å². The van der Waals surface area contributed by atoms with Crippen molar-refractivity contribution in [2.45, 2.75) is 33.8 Å². The van der Waals surface area contributed by atoms with Crippen LogP contribution in [0.15, 0.2) is 34.0 Å². The molecule has 0 aliphatic rings. The van der Waals surface area contributed by atoms with E-state index in [-0.39, 0.29) is 5.76 Å². The Hall–Kier alpha value is -0.770. The third kappa shape index (κ3) is 5.62. The van der Waals surface area contributed by atoms with E-state index in [0.29, 0.717) is 10.2 Å². The van der Waals surface area contributed by atoms with Gasteiger partial charge < -0.3 is 9.84 Å². The van der Waals surface area contributed by atoms with Gasteiger partial charge in [-0.05, 0) is 55.8 Å². The van der Waals surface area contributed by atoms with Crippen LogP contribution in [0.2, 0.25) is 0 Å². The van der Waals surface area contributed by atoms with Crippen LogP contribution in [0.1, 0.15) is 27.7 Å². The molecule has 86 valence electrons. The van der Waals surface area contributed by atoms with Gasteiger partial charge in [-0.2, -0.15) is 0 Å². The molecule has 0 rings (SSSR count). The molecule has 0 aliphatic carbocycles. The molecule has 0 aromatic rings. The highest BCUT2D eigenvalue weighted by molar-refractivity contribution is 9.11. The van der Waals surface area contributed by atoms with Crippen molar-refractivity contribution in [2.24, 2.45) is 0 Å². The highest BCUT2D eigenvalue weighted by Gasteiger charge is 2.10. The van der Waals surface area contributed by atoms with Crippen molar-refractivity contribution in [1.29, 1.82) is 0 Å². The minimum absolute atomic E-state index is 0.0279. The summed E-state index contributed by atoms with van der Waals surface area (Å²) in [5, 5.41) is 9.05. The summed E-state index contributed by atoms with van der Waals surface area (Å²) in [7, 11) is 0. The molecule has 0 saturated heterocycles. The van der Waals surface area contributed by atoms with Gasteiger partial charge in [-0.25, -0.2) is 4.39 Å². The van der Waals surface area contributed by atoms with Crippen LogP contribution in [0, 0.1) is 0 Å². The molecule has 0 fully saturated rings. The number of aliphatic hydroxyl groups is 1. The van der Waals surface area contributed by atoms with Gasteiger partial charge in [0.05, 0.1) is 10.2 Å². The van der Waals surface area contributed by atoms with Gasteiger partial charge >= 0.3 is 0 Å². The second-order valence-electron chi connectivity index (χ2n) is 3.12. The van der Waals surface area contributed by atoms with Gasteiger partial charge in [0, 0.05) is 0 Å². The largest absolute Gasteiger partial charge is 0.511 e. The number of ether oxygens (including phenoxy) is 1. The van der Waals surface area contributed by atoms with Gasteiger partial charge in [-0.15, -0.1) is 0 Å². The van der Waals surface area contributed by atoms with E-state index < -0.39 is 11.9 Å². The van der Waals surface area contributed by atoms with Crippen LogP contribution in [-0.4, -0.2) is 11.2 Å². The van der Waals surface area contributed by atoms with Crippen LogP contribution in [0.25, 0.3) is 0 Å². The lowest BCUT2D eigenvalue weighted by molar-refractivity contribution is 0.141. The third-order valence-electron chi connectivity index (χ3n) is 1.77. The van der Waals surface area contributed by atoms with Crippen molar-refractivity contribution >= 4 is 15.9 Å². The molecule has 0 aromatic carbocycles. The van der Waals surface area contributed by atoms with Crippen LogP contribution in [0.4, 0.5) is 4.39 Å². The molecule has 2 nitrogen and oxygen atoms in total. The number of aliphatic hydroxyl groups excluding tert-OH is 1. The molecular weight excluding hydrogens is 263 g/mol. The first-order chi connectivity index (χ1) is 6.88. The Morgan fingerprint density at radius 1 is 1.47 bits per heavy atom. The second-order valence-corrected chi connectivity index (χ2v) is 3.98. The lowest BCUT2D eigenvalue weighted by Gasteiger charge is -2.12. The van der Waals surface area contributed by atoms with Gasteiger partial charge in [0.2, 0.25) is 0 Å². The van der Waals surface area contributed by atoms with Gasteiger partial charge in [-0.1, -0.05) is 0 Å². The summed E-state index contributed by atoms with van der Waals surface area (Å²) in [6.07, 6.45) is 2.29. The fourth-order valence-electron chi connectivity index (χ4n) is 0.746. The van der Waals surface area contributed by atoms with Gasteiger partial charge in [-0.3, -0.25) is 0 Å². The van der Waals surface area contributed by atoms with Crippen LogP contribution in [0.5, 0.6) is 0 Å². The molecule has 1 N–H and O–H groups in total. The van der Waals surface area contributed by atoms with Crippen LogP contribution >= 0.6 is 15.9 Å². The zero-order valence-corrected chi connectivity index (χ0v) is 10.9. The van der Waals surface area contributed by atoms with Crippen LogP contribution in [0.3, 0.4) is 0 Å². The summed E-state index contributed by atoms with van der Waals surface area (Å²) in [4.78, 5) is 0. The van der Waals surface area contributed by atoms with E-state index >= 15 is 0 Å². The Morgan fingerprint density at radius 3 is 2.40 bits per heavy atom. The summed E-state index contributed by atoms with van der Waals surface area (Å²) < 4.78 is 19.0. The first-order valence-corrected chi connectivity index (χ1v) is 5.39. The van der Waals surface area contributed by atoms with E-state index in [9.17, 15) is 4.39 Å². The highest BCUT2D eigenvalue weighted by atomic mass is 79.9. The van der Waals surface area contributed by atoms with Crippen molar-refractivity contribution in [1.82, 2.24) is 0 Å². The predicted molar refractivity (Wildman–Crippen MR) is 63.4 cm³/mol. The normalized spacial score (nSPS) is 17.2. The Balaban J connectivity index is 4.58. The van der Waals surface area contributed by atoms with Crippen LogP contribution in [-0.2, 0) is 4.74 Å². The molecule has 4 heteroatoms. The van der Waals surface area contributed by atoms with Gasteiger partial charge in [0.1, 0.15) is 17.7 Å². The van der Waals surface area contributed by atoms with E-state index in [2.05, 4.69) is 15.9 Å².